The van der Waals surface area contributed by atoms with Crippen LogP contribution in [0.15, 0.2) is 53.2 Å². The maximum Gasteiger partial charge on any atom is 0.354 e. The van der Waals surface area contributed by atoms with E-state index in [0.717, 1.165) is 16.7 Å². The second-order valence-electron chi connectivity index (χ2n) is 8.97. The fourth-order valence-corrected chi connectivity index (χ4v) is 2.88. The molecule has 2 rings (SSSR count). The number of nitrogens with zero attached hydrogens (tertiary/aromatic N) is 1. The lowest BCUT2D eigenvalue weighted by molar-refractivity contribution is -0.132. The van der Waals surface area contributed by atoms with Gasteiger partial charge in [-0.3, -0.25) is 0 Å². The minimum absolute atomic E-state index is 0.0609. The third-order valence-electron chi connectivity index (χ3n) is 4.42. The van der Waals surface area contributed by atoms with E-state index in [1.165, 1.54) is 6.21 Å². The van der Waals surface area contributed by atoms with Gasteiger partial charge in [0.1, 0.15) is 11.4 Å². The number of carbonyl (C=O) groups is 1. The van der Waals surface area contributed by atoms with Crippen molar-refractivity contribution < 1.29 is 15.0 Å². The van der Waals surface area contributed by atoms with Gasteiger partial charge in [-0.2, -0.15) is 0 Å². The summed E-state index contributed by atoms with van der Waals surface area (Å²) in [5.41, 5.74) is 2.46. The van der Waals surface area contributed by atoms with Crippen LogP contribution in [0.5, 0.6) is 5.75 Å². The zero-order valence-corrected chi connectivity index (χ0v) is 17.4. The summed E-state index contributed by atoms with van der Waals surface area (Å²) in [7, 11) is 0. The normalized spacial score (nSPS) is 13.1. The third kappa shape index (κ3) is 5.32. The number of phenols is 1. The Morgan fingerprint density at radius 3 is 1.82 bits per heavy atom. The van der Waals surface area contributed by atoms with Crippen LogP contribution in [0.3, 0.4) is 0 Å². The molecule has 0 atom stereocenters. The van der Waals surface area contributed by atoms with Crippen molar-refractivity contribution in [1.29, 1.82) is 0 Å². The first-order valence-corrected chi connectivity index (χ1v) is 9.31. The summed E-state index contributed by atoms with van der Waals surface area (Å²) >= 11 is 0. The van der Waals surface area contributed by atoms with Gasteiger partial charge in [-0.05, 0) is 40.2 Å². The summed E-state index contributed by atoms with van der Waals surface area (Å²) in [5.74, 6) is -0.836. The largest absolute Gasteiger partial charge is 0.507 e. The van der Waals surface area contributed by atoms with Crippen molar-refractivity contribution >= 4 is 18.3 Å². The number of aliphatic carboxylic acids is 1. The van der Waals surface area contributed by atoms with Gasteiger partial charge in [0.25, 0.3) is 0 Å². The topological polar surface area (TPSA) is 69.9 Å². The van der Waals surface area contributed by atoms with Gasteiger partial charge in [0, 0.05) is 17.3 Å². The molecule has 0 aliphatic heterocycles. The summed E-state index contributed by atoms with van der Waals surface area (Å²) in [6.07, 6.45) is 3.08. The molecule has 0 fully saturated rings. The maximum absolute atomic E-state index is 11.7. The number of hydrogen-bond acceptors (Lipinski definition) is 3. The van der Waals surface area contributed by atoms with E-state index in [9.17, 15) is 15.0 Å². The second-order valence-corrected chi connectivity index (χ2v) is 8.97. The summed E-state index contributed by atoms with van der Waals surface area (Å²) in [5, 5.41) is 20.4. The Labute approximate surface area is 167 Å². The molecule has 0 heterocycles. The SMILES string of the molecule is CC(C)(C)c1cc(/C=C(/N=Cc2ccccc2)C(=O)O)cc(C(C)(C)C)c1O. The van der Waals surface area contributed by atoms with Crippen molar-refractivity contribution in [3.05, 3.63) is 70.4 Å². The van der Waals surface area contributed by atoms with Crippen LogP contribution in [0, 0.1) is 0 Å². The number of carboxylic acid groups (broad SMARTS) is 1. The summed E-state index contributed by atoms with van der Waals surface area (Å²) in [6, 6.07) is 13.0. The lowest BCUT2D eigenvalue weighted by Crippen LogP contribution is -2.17. The summed E-state index contributed by atoms with van der Waals surface area (Å²) < 4.78 is 0. The molecule has 2 aromatic carbocycles. The van der Waals surface area contributed by atoms with E-state index in [-0.39, 0.29) is 22.3 Å². The van der Waals surface area contributed by atoms with Gasteiger partial charge in [-0.1, -0.05) is 71.9 Å². The average molecular weight is 380 g/mol. The summed E-state index contributed by atoms with van der Waals surface area (Å²) in [4.78, 5) is 15.9. The van der Waals surface area contributed by atoms with Crippen LogP contribution in [0.25, 0.3) is 6.08 Å². The molecule has 2 aromatic rings. The van der Waals surface area contributed by atoms with Gasteiger partial charge in [0.2, 0.25) is 0 Å². The van der Waals surface area contributed by atoms with Gasteiger partial charge >= 0.3 is 5.97 Å². The monoisotopic (exact) mass is 379 g/mol. The highest BCUT2D eigenvalue weighted by Gasteiger charge is 2.26. The molecule has 0 radical (unpaired) electrons. The van der Waals surface area contributed by atoms with Crippen molar-refractivity contribution in [3.63, 3.8) is 0 Å². The van der Waals surface area contributed by atoms with Crippen LogP contribution in [0.4, 0.5) is 0 Å². The van der Waals surface area contributed by atoms with Crippen LogP contribution in [-0.2, 0) is 15.6 Å². The van der Waals surface area contributed by atoms with Crippen LogP contribution >= 0.6 is 0 Å². The number of aliphatic imine (C=N–C) groups is 1. The van der Waals surface area contributed by atoms with Crippen molar-refractivity contribution in [1.82, 2.24) is 0 Å². The molecule has 0 saturated carbocycles. The Bertz CT molecular complexity index is 876. The van der Waals surface area contributed by atoms with E-state index in [0.29, 0.717) is 5.56 Å². The molecule has 28 heavy (non-hydrogen) atoms. The molecule has 0 bridgehead atoms. The molecule has 0 unspecified atom stereocenters. The molecule has 0 spiro atoms. The zero-order chi connectivity index (χ0) is 21.1. The van der Waals surface area contributed by atoms with Crippen LogP contribution in [-0.4, -0.2) is 22.4 Å². The Balaban J connectivity index is 2.60. The fourth-order valence-electron chi connectivity index (χ4n) is 2.88. The number of hydrogen-bond donors (Lipinski definition) is 2. The van der Waals surface area contributed by atoms with Gasteiger partial charge in [0.15, 0.2) is 0 Å². The molecule has 0 aliphatic rings. The number of phenolic OH excluding ortho intramolecular Hbond substituents is 1. The molecule has 0 aromatic heterocycles. The van der Waals surface area contributed by atoms with Crippen molar-refractivity contribution in [2.45, 2.75) is 52.4 Å². The number of aromatic hydroxyl groups is 1. The number of benzene rings is 2. The Morgan fingerprint density at radius 1 is 0.893 bits per heavy atom. The highest BCUT2D eigenvalue weighted by Crippen LogP contribution is 2.40. The van der Waals surface area contributed by atoms with Gasteiger partial charge in [0.05, 0.1) is 0 Å². The van der Waals surface area contributed by atoms with E-state index < -0.39 is 5.97 Å². The quantitative estimate of drug-likeness (QED) is 0.542. The number of carboxylic acids is 1. The molecule has 4 heteroatoms. The molecule has 0 saturated heterocycles. The highest BCUT2D eigenvalue weighted by atomic mass is 16.4. The number of rotatable bonds is 4. The molecule has 4 nitrogen and oxygen atoms in total. The first kappa shape index (κ1) is 21.4. The first-order valence-electron chi connectivity index (χ1n) is 9.31. The molecule has 148 valence electrons. The van der Waals surface area contributed by atoms with Crippen LogP contribution in [0.2, 0.25) is 0 Å². The second kappa shape index (κ2) is 8.01. The standard InChI is InChI=1S/C24H29NO3/c1-23(2,3)18-12-17(13-19(21(18)26)24(4,5)6)14-20(22(27)28)25-15-16-10-8-7-9-11-16/h7-15,26H,1-6H3,(H,27,28)/b20-14+,25-15?. The lowest BCUT2D eigenvalue weighted by Gasteiger charge is -2.27. The van der Waals surface area contributed by atoms with Crippen molar-refractivity contribution in [2.75, 3.05) is 0 Å². The smallest absolute Gasteiger partial charge is 0.354 e. The first-order chi connectivity index (χ1) is 12.9. The molecular formula is C24H29NO3. The fraction of sp³-hybridized carbons (Fsp3) is 0.333. The average Bonchev–Trinajstić information content (AvgIpc) is 2.58. The zero-order valence-electron chi connectivity index (χ0n) is 17.4. The molecule has 0 amide bonds. The van der Waals surface area contributed by atoms with E-state index >= 15 is 0 Å². The maximum atomic E-state index is 11.7. The molecule has 0 aliphatic carbocycles. The van der Waals surface area contributed by atoms with Crippen molar-refractivity contribution in [3.8, 4) is 5.75 Å². The third-order valence-corrected chi connectivity index (χ3v) is 4.42. The lowest BCUT2D eigenvalue weighted by atomic mass is 9.78. The Kier molecular flexibility index (Phi) is 6.13. The van der Waals surface area contributed by atoms with Gasteiger partial charge < -0.3 is 10.2 Å². The van der Waals surface area contributed by atoms with Crippen LogP contribution in [0.1, 0.15) is 63.8 Å². The minimum Gasteiger partial charge on any atom is -0.507 e. The molecule has 2 N–H and O–H groups in total. The minimum atomic E-state index is -1.10. The molecular weight excluding hydrogens is 350 g/mol. The van der Waals surface area contributed by atoms with E-state index in [2.05, 4.69) is 4.99 Å². The Hall–Kier alpha value is -2.88. The summed E-state index contributed by atoms with van der Waals surface area (Å²) in [6.45, 7) is 12.1. The van der Waals surface area contributed by atoms with E-state index in [1.54, 1.807) is 6.08 Å². The predicted molar refractivity (Wildman–Crippen MR) is 115 cm³/mol. The predicted octanol–water partition coefficient (Wildman–Crippen LogP) is 5.53. The van der Waals surface area contributed by atoms with E-state index in [4.69, 9.17) is 0 Å². The van der Waals surface area contributed by atoms with Crippen molar-refractivity contribution in [2.24, 2.45) is 4.99 Å². The van der Waals surface area contributed by atoms with Gasteiger partial charge in [-0.25, -0.2) is 9.79 Å². The van der Waals surface area contributed by atoms with Crippen LogP contribution < -0.4 is 0 Å². The Morgan fingerprint density at radius 2 is 1.39 bits per heavy atom. The van der Waals surface area contributed by atoms with E-state index in [1.807, 2.05) is 84.0 Å². The highest BCUT2D eigenvalue weighted by molar-refractivity contribution is 5.95. The van der Waals surface area contributed by atoms with Gasteiger partial charge in [-0.15, -0.1) is 0 Å².